The average molecular weight is 489 g/mol. The van der Waals surface area contributed by atoms with Crippen molar-refractivity contribution < 1.29 is 9.53 Å². The van der Waals surface area contributed by atoms with Gasteiger partial charge < -0.3 is 20.7 Å². The van der Waals surface area contributed by atoms with E-state index in [0.29, 0.717) is 19.2 Å². The Morgan fingerprint density at radius 1 is 1.37 bits per heavy atom. The summed E-state index contributed by atoms with van der Waals surface area (Å²) in [7, 11) is 1.78. The first-order chi connectivity index (χ1) is 12.6. The van der Waals surface area contributed by atoms with Crippen molar-refractivity contribution in [2.24, 2.45) is 4.99 Å². The smallest absolute Gasteiger partial charge is 0.221 e. The van der Waals surface area contributed by atoms with Gasteiger partial charge in [0, 0.05) is 38.3 Å². The monoisotopic (exact) mass is 489 g/mol. The van der Waals surface area contributed by atoms with Gasteiger partial charge in [0.15, 0.2) is 5.96 Å². The third-order valence-electron chi connectivity index (χ3n) is 4.45. The Morgan fingerprint density at radius 2 is 2.19 bits per heavy atom. The van der Waals surface area contributed by atoms with Crippen molar-refractivity contribution in [3.8, 4) is 5.75 Å². The number of carbonyl (C=O) groups is 1. The molecule has 0 bridgehead atoms. The summed E-state index contributed by atoms with van der Waals surface area (Å²) in [4.78, 5) is 17.9. The zero-order chi connectivity index (χ0) is 18.8. The number of nitrogens with one attached hydrogen (secondary N) is 3. The Hall–Kier alpha value is -1.55. The largest absolute Gasteiger partial charge is 0.492 e. The number of likely N-dealkylation sites (N-methyl/N-ethyl adjacent to an activating group) is 1. The first kappa shape index (κ1) is 23.5. The lowest BCUT2D eigenvalue weighted by Crippen LogP contribution is -2.45. The van der Waals surface area contributed by atoms with Gasteiger partial charge in [-0.25, -0.2) is 0 Å². The molecule has 1 amide bonds. The number of rotatable bonds is 8. The number of likely N-dealkylation sites (tertiary alicyclic amines) is 1. The molecule has 27 heavy (non-hydrogen) atoms. The number of aliphatic imine (C=N–C) groups is 1. The minimum Gasteiger partial charge on any atom is -0.492 e. The third kappa shape index (κ3) is 8.34. The Kier molecular flexibility index (Phi) is 11.1. The van der Waals surface area contributed by atoms with Crippen molar-refractivity contribution >= 4 is 41.5 Å². The predicted octanol–water partition coefficient (Wildman–Crippen LogP) is 2.29. The first-order valence-corrected chi connectivity index (χ1v) is 9.31. The summed E-state index contributed by atoms with van der Waals surface area (Å²) in [6, 6.07) is 7.97. The highest BCUT2D eigenvalue weighted by atomic mass is 127. The van der Waals surface area contributed by atoms with Gasteiger partial charge in [0.1, 0.15) is 12.4 Å². The van der Waals surface area contributed by atoms with Crippen LogP contribution in [0, 0.1) is 0 Å². The van der Waals surface area contributed by atoms with Crippen molar-refractivity contribution in [2.45, 2.75) is 32.7 Å². The van der Waals surface area contributed by atoms with E-state index in [4.69, 9.17) is 4.74 Å². The zero-order valence-electron chi connectivity index (χ0n) is 16.5. The fourth-order valence-electron chi connectivity index (χ4n) is 3.18. The molecule has 1 aliphatic rings. The lowest BCUT2D eigenvalue weighted by Gasteiger charge is -2.24. The minimum atomic E-state index is -0.0948. The molecular weight excluding hydrogens is 457 g/mol. The van der Waals surface area contributed by atoms with Gasteiger partial charge in [0.2, 0.25) is 5.91 Å². The summed E-state index contributed by atoms with van der Waals surface area (Å²) in [6.07, 6.45) is 2.52. The Bertz CT molecular complexity index is 612. The van der Waals surface area contributed by atoms with Crippen LogP contribution in [0.15, 0.2) is 29.3 Å². The van der Waals surface area contributed by atoms with Gasteiger partial charge >= 0.3 is 0 Å². The molecule has 0 aromatic heterocycles. The minimum absolute atomic E-state index is 0. The molecule has 1 aromatic carbocycles. The fourth-order valence-corrected chi connectivity index (χ4v) is 3.18. The van der Waals surface area contributed by atoms with Crippen LogP contribution in [0.3, 0.4) is 0 Å². The van der Waals surface area contributed by atoms with E-state index in [1.54, 1.807) is 7.05 Å². The molecule has 1 fully saturated rings. The second kappa shape index (κ2) is 12.8. The SMILES string of the molecule is CCN1CCCC1CNC(=NC)NCCOc1cccc(NC(C)=O)c1.I. The topological polar surface area (TPSA) is 78.0 Å². The molecule has 1 saturated heterocycles. The Balaban J connectivity index is 0.00000364. The summed E-state index contributed by atoms with van der Waals surface area (Å²) in [5.41, 5.74) is 0.734. The van der Waals surface area contributed by atoms with Crippen molar-refractivity contribution in [2.75, 3.05) is 45.2 Å². The molecule has 1 atom stereocenters. The first-order valence-electron chi connectivity index (χ1n) is 9.31. The standard InChI is InChI=1S/C19H31N5O2.HI/c1-4-24-11-6-8-17(24)14-22-19(20-3)21-10-12-26-18-9-5-7-16(13-18)23-15(2)25;/h5,7,9,13,17H,4,6,8,10-12,14H2,1-3H3,(H,23,25)(H2,20,21,22);1H. The number of guanidine groups is 1. The summed E-state index contributed by atoms with van der Waals surface area (Å²) in [6.45, 7) is 8.06. The van der Waals surface area contributed by atoms with E-state index in [1.807, 2.05) is 24.3 Å². The molecule has 2 rings (SSSR count). The maximum absolute atomic E-state index is 11.1. The molecule has 1 unspecified atom stereocenters. The molecule has 0 spiro atoms. The second-order valence-corrected chi connectivity index (χ2v) is 6.36. The van der Waals surface area contributed by atoms with Crippen LogP contribution in [0.2, 0.25) is 0 Å². The maximum Gasteiger partial charge on any atom is 0.221 e. The van der Waals surface area contributed by atoms with Gasteiger partial charge in [-0.3, -0.25) is 14.7 Å². The number of halogens is 1. The molecule has 1 heterocycles. The summed E-state index contributed by atoms with van der Waals surface area (Å²) >= 11 is 0. The highest BCUT2D eigenvalue weighted by Gasteiger charge is 2.22. The highest BCUT2D eigenvalue weighted by molar-refractivity contribution is 14.0. The van der Waals surface area contributed by atoms with Crippen LogP contribution < -0.4 is 20.7 Å². The van der Waals surface area contributed by atoms with Crippen molar-refractivity contribution in [1.29, 1.82) is 0 Å². The van der Waals surface area contributed by atoms with Gasteiger partial charge in [-0.05, 0) is 38.1 Å². The molecular formula is C19H32IN5O2. The number of benzene rings is 1. The molecule has 8 heteroatoms. The van der Waals surface area contributed by atoms with Crippen LogP contribution in [-0.4, -0.2) is 62.6 Å². The molecule has 0 aliphatic carbocycles. The van der Waals surface area contributed by atoms with E-state index < -0.39 is 0 Å². The third-order valence-corrected chi connectivity index (χ3v) is 4.45. The summed E-state index contributed by atoms with van der Waals surface area (Å²) in [5.74, 6) is 1.43. The molecule has 1 aliphatic heterocycles. The fraction of sp³-hybridized carbons (Fsp3) is 0.579. The van der Waals surface area contributed by atoms with Gasteiger partial charge in [-0.2, -0.15) is 0 Å². The summed E-state index contributed by atoms with van der Waals surface area (Å²) < 4.78 is 5.73. The molecule has 1 aromatic rings. The Morgan fingerprint density at radius 3 is 2.89 bits per heavy atom. The van der Waals surface area contributed by atoms with Crippen LogP contribution in [0.25, 0.3) is 0 Å². The number of carbonyl (C=O) groups excluding carboxylic acids is 1. The molecule has 0 saturated carbocycles. The van der Waals surface area contributed by atoms with Crippen LogP contribution in [0.4, 0.5) is 5.69 Å². The second-order valence-electron chi connectivity index (χ2n) is 6.36. The van der Waals surface area contributed by atoms with E-state index in [0.717, 1.165) is 30.5 Å². The molecule has 0 radical (unpaired) electrons. The van der Waals surface area contributed by atoms with Gasteiger partial charge in [0.05, 0.1) is 6.54 Å². The van der Waals surface area contributed by atoms with Crippen LogP contribution in [0.5, 0.6) is 5.75 Å². The predicted molar refractivity (Wildman–Crippen MR) is 121 cm³/mol. The van der Waals surface area contributed by atoms with E-state index in [1.165, 1.54) is 26.3 Å². The van der Waals surface area contributed by atoms with Crippen LogP contribution in [-0.2, 0) is 4.79 Å². The van der Waals surface area contributed by atoms with Crippen molar-refractivity contribution in [3.63, 3.8) is 0 Å². The average Bonchev–Trinajstić information content (AvgIpc) is 3.08. The van der Waals surface area contributed by atoms with E-state index in [2.05, 4.69) is 32.8 Å². The molecule has 7 nitrogen and oxygen atoms in total. The number of amides is 1. The quantitative estimate of drug-likeness (QED) is 0.226. The lowest BCUT2D eigenvalue weighted by atomic mass is 10.2. The van der Waals surface area contributed by atoms with E-state index >= 15 is 0 Å². The van der Waals surface area contributed by atoms with Gasteiger partial charge in [-0.1, -0.05) is 13.0 Å². The van der Waals surface area contributed by atoms with Gasteiger partial charge in [-0.15, -0.1) is 24.0 Å². The zero-order valence-corrected chi connectivity index (χ0v) is 18.8. The number of hydrogen-bond donors (Lipinski definition) is 3. The molecule has 152 valence electrons. The summed E-state index contributed by atoms with van der Waals surface area (Å²) in [5, 5.41) is 9.42. The molecule has 3 N–H and O–H groups in total. The van der Waals surface area contributed by atoms with Gasteiger partial charge in [0.25, 0.3) is 0 Å². The Labute approximate surface area is 179 Å². The normalized spacial score (nSPS) is 17.1. The number of anilines is 1. The number of ether oxygens (including phenoxy) is 1. The lowest BCUT2D eigenvalue weighted by molar-refractivity contribution is -0.114. The number of hydrogen-bond acceptors (Lipinski definition) is 4. The van der Waals surface area contributed by atoms with E-state index in [-0.39, 0.29) is 29.9 Å². The van der Waals surface area contributed by atoms with Crippen molar-refractivity contribution in [1.82, 2.24) is 15.5 Å². The maximum atomic E-state index is 11.1. The van der Waals surface area contributed by atoms with Crippen molar-refractivity contribution in [3.05, 3.63) is 24.3 Å². The highest BCUT2D eigenvalue weighted by Crippen LogP contribution is 2.17. The van der Waals surface area contributed by atoms with Crippen LogP contribution >= 0.6 is 24.0 Å². The van der Waals surface area contributed by atoms with E-state index in [9.17, 15) is 4.79 Å². The number of nitrogens with zero attached hydrogens (tertiary/aromatic N) is 2. The van der Waals surface area contributed by atoms with Crippen LogP contribution in [0.1, 0.15) is 26.7 Å².